The van der Waals surface area contributed by atoms with Crippen molar-refractivity contribution >= 4 is 11.6 Å². The number of hydrogen-bond acceptors (Lipinski definition) is 3. The first-order valence-corrected chi connectivity index (χ1v) is 6.10. The Morgan fingerprint density at radius 2 is 2.29 bits per heavy atom. The number of carbonyl (C=O) groups excluding carboxylic acids is 1. The van der Waals surface area contributed by atoms with Crippen LogP contribution in [0.5, 0.6) is 0 Å². The average molecular weight is 234 g/mol. The predicted molar refractivity (Wildman–Crippen MR) is 66.8 cm³/mol. The number of anilines is 1. The van der Waals surface area contributed by atoms with E-state index in [0.717, 1.165) is 25.1 Å². The van der Waals surface area contributed by atoms with Gasteiger partial charge in [0.2, 0.25) is 0 Å². The van der Waals surface area contributed by atoms with Crippen LogP contribution in [0.3, 0.4) is 0 Å². The van der Waals surface area contributed by atoms with Crippen LogP contribution >= 0.6 is 0 Å². The number of benzene rings is 1. The van der Waals surface area contributed by atoms with E-state index in [0.29, 0.717) is 18.7 Å². The lowest BCUT2D eigenvalue weighted by Crippen LogP contribution is -2.27. The lowest BCUT2D eigenvalue weighted by Gasteiger charge is -2.16. The molecule has 0 radical (unpaired) electrons. The second-order valence-electron chi connectivity index (χ2n) is 4.07. The van der Waals surface area contributed by atoms with E-state index < -0.39 is 0 Å². The molecule has 1 aromatic rings. The van der Waals surface area contributed by atoms with Crippen LogP contribution in [0.25, 0.3) is 0 Å². The molecule has 1 aliphatic heterocycles. The van der Waals surface area contributed by atoms with E-state index in [2.05, 4.69) is 12.2 Å². The number of nitrogens with one attached hydrogen (secondary N) is 1. The summed E-state index contributed by atoms with van der Waals surface area (Å²) in [6, 6.07) is 7.57. The van der Waals surface area contributed by atoms with Crippen molar-refractivity contribution < 1.29 is 9.63 Å². The molecule has 1 saturated heterocycles. The molecule has 4 heteroatoms. The third kappa shape index (κ3) is 2.77. The van der Waals surface area contributed by atoms with E-state index in [1.54, 1.807) is 0 Å². The third-order valence-corrected chi connectivity index (χ3v) is 2.70. The summed E-state index contributed by atoms with van der Waals surface area (Å²) in [6.45, 7) is 4.28. The van der Waals surface area contributed by atoms with E-state index in [1.165, 1.54) is 5.06 Å². The van der Waals surface area contributed by atoms with Crippen LogP contribution in [0.4, 0.5) is 5.69 Å². The Morgan fingerprint density at radius 1 is 1.47 bits per heavy atom. The molecule has 1 aromatic carbocycles. The Morgan fingerprint density at radius 3 is 3.00 bits per heavy atom. The summed E-state index contributed by atoms with van der Waals surface area (Å²) in [7, 11) is 0. The summed E-state index contributed by atoms with van der Waals surface area (Å²) in [6.07, 6.45) is 1.94. The number of para-hydroxylation sites is 1. The summed E-state index contributed by atoms with van der Waals surface area (Å²) in [5.41, 5.74) is 1.57. The topological polar surface area (TPSA) is 41.6 Å². The number of nitrogens with zero attached hydrogens (tertiary/aromatic N) is 1. The fourth-order valence-corrected chi connectivity index (χ4v) is 1.83. The van der Waals surface area contributed by atoms with Gasteiger partial charge < -0.3 is 5.32 Å². The Hall–Kier alpha value is -1.55. The van der Waals surface area contributed by atoms with Crippen molar-refractivity contribution in [3.8, 4) is 0 Å². The molecule has 0 aliphatic carbocycles. The minimum absolute atomic E-state index is 0.0540. The highest BCUT2D eigenvalue weighted by molar-refractivity contribution is 5.99. The largest absolute Gasteiger partial charge is 0.384 e. The summed E-state index contributed by atoms with van der Waals surface area (Å²) < 4.78 is 0. The summed E-state index contributed by atoms with van der Waals surface area (Å²) >= 11 is 0. The van der Waals surface area contributed by atoms with Crippen LogP contribution in [0.15, 0.2) is 24.3 Å². The molecule has 2 rings (SSSR count). The van der Waals surface area contributed by atoms with Crippen molar-refractivity contribution in [3.05, 3.63) is 29.8 Å². The molecular formula is C13H18N2O2. The number of hydroxylamine groups is 2. The SMILES string of the molecule is CCCNc1ccccc1C(=O)N1CCCO1. The Labute approximate surface area is 102 Å². The maximum Gasteiger partial charge on any atom is 0.279 e. The highest BCUT2D eigenvalue weighted by Gasteiger charge is 2.22. The van der Waals surface area contributed by atoms with Gasteiger partial charge in [-0.25, -0.2) is 5.06 Å². The minimum atomic E-state index is -0.0540. The molecule has 0 spiro atoms. The molecule has 1 fully saturated rings. The van der Waals surface area contributed by atoms with Gasteiger partial charge in [-0.1, -0.05) is 19.1 Å². The van der Waals surface area contributed by atoms with E-state index >= 15 is 0 Å². The molecule has 1 heterocycles. The molecule has 1 amide bonds. The molecule has 17 heavy (non-hydrogen) atoms. The van der Waals surface area contributed by atoms with Crippen molar-refractivity contribution in [2.45, 2.75) is 19.8 Å². The van der Waals surface area contributed by atoms with E-state index in [-0.39, 0.29) is 5.91 Å². The molecule has 1 N–H and O–H groups in total. The Kier molecular flexibility index (Phi) is 3.98. The molecule has 4 nitrogen and oxygen atoms in total. The summed E-state index contributed by atoms with van der Waals surface area (Å²) in [5.74, 6) is -0.0540. The molecule has 0 saturated carbocycles. The zero-order chi connectivity index (χ0) is 12.1. The van der Waals surface area contributed by atoms with Gasteiger partial charge in [0.1, 0.15) is 0 Å². The predicted octanol–water partition coefficient (Wildman–Crippen LogP) is 2.29. The van der Waals surface area contributed by atoms with Gasteiger partial charge in [-0.2, -0.15) is 0 Å². The molecule has 0 atom stereocenters. The molecule has 92 valence electrons. The van der Waals surface area contributed by atoms with Crippen molar-refractivity contribution in [1.29, 1.82) is 0 Å². The van der Waals surface area contributed by atoms with Gasteiger partial charge in [-0.3, -0.25) is 9.63 Å². The number of amides is 1. The van der Waals surface area contributed by atoms with Gasteiger partial charge in [-0.05, 0) is 25.0 Å². The number of carbonyl (C=O) groups is 1. The van der Waals surface area contributed by atoms with Gasteiger partial charge in [0.25, 0.3) is 5.91 Å². The normalized spacial score (nSPS) is 15.0. The van der Waals surface area contributed by atoms with Crippen LogP contribution in [0.2, 0.25) is 0 Å². The van der Waals surface area contributed by atoms with E-state index in [9.17, 15) is 4.79 Å². The zero-order valence-corrected chi connectivity index (χ0v) is 10.1. The smallest absolute Gasteiger partial charge is 0.279 e. The quantitative estimate of drug-likeness (QED) is 0.869. The zero-order valence-electron chi connectivity index (χ0n) is 10.1. The first-order chi connectivity index (χ1) is 8.33. The summed E-state index contributed by atoms with van der Waals surface area (Å²) in [4.78, 5) is 17.5. The van der Waals surface area contributed by atoms with Crippen LogP contribution in [-0.2, 0) is 4.84 Å². The van der Waals surface area contributed by atoms with Crippen molar-refractivity contribution in [1.82, 2.24) is 5.06 Å². The van der Waals surface area contributed by atoms with E-state index in [4.69, 9.17) is 4.84 Å². The van der Waals surface area contributed by atoms with E-state index in [1.807, 2.05) is 24.3 Å². The van der Waals surface area contributed by atoms with Crippen LogP contribution in [0, 0.1) is 0 Å². The Balaban J connectivity index is 2.15. The fourth-order valence-electron chi connectivity index (χ4n) is 1.83. The highest BCUT2D eigenvalue weighted by atomic mass is 16.7. The fraction of sp³-hybridized carbons (Fsp3) is 0.462. The van der Waals surface area contributed by atoms with Crippen LogP contribution in [0.1, 0.15) is 30.1 Å². The molecule has 0 unspecified atom stereocenters. The third-order valence-electron chi connectivity index (χ3n) is 2.70. The van der Waals surface area contributed by atoms with Gasteiger partial charge in [0.15, 0.2) is 0 Å². The molecule has 1 aliphatic rings. The number of hydrogen-bond donors (Lipinski definition) is 1. The van der Waals surface area contributed by atoms with Crippen molar-refractivity contribution in [3.63, 3.8) is 0 Å². The lowest BCUT2D eigenvalue weighted by molar-refractivity contribution is -0.0767. The van der Waals surface area contributed by atoms with Crippen LogP contribution in [-0.4, -0.2) is 30.7 Å². The van der Waals surface area contributed by atoms with Crippen molar-refractivity contribution in [2.24, 2.45) is 0 Å². The van der Waals surface area contributed by atoms with Crippen LogP contribution < -0.4 is 5.32 Å². The van der Waals surface area contributed by atoms with Gasteiger partial charge in [0.05, 0.1) is 18.7 Å². The minimum Gasteiger partial charge on any atom is -0.384 e. The second kappa shape index (κ2) is 5.68. The monoisotopic (exact) mass is 234 g/mol. The van der Waals surface area contributed by atoms with Gasteiger partial charge in [0, 0.05) is 12.2 Å². The molecule has 0 bridgehead atoms. The van der Waals surface area contributed by atoms with Gasteiger partial charge >= 0.3 is 0 Å². The average Bonchev–Trinajstić information content (AvgIpc) is 2.89. The maximum absolute atomic E-state index is 12.2. The first kappa shape index (κ1) is 11.9. The standard InChI is InChI=1S/C13H18N2O2/c1-2-8-14-12-7-4-3-6-11(12)13(16)15-9-5-10-17-15/h3-4,6-7,14H,2,5,8-10H2,1H3. The number of rotatable bonds is 4. The van der Waals surface area contributed by atoms with Crippen molar-refractivity contribution in [2.75, 3.05) is 25.0 Å². The molecular weight excluding hydrogens is 216 g/mol. The summed E-state index contributed by atoms with van der Waals surface area (Å²) in [5, 5.41) is 4.72. The first-order valence-electron chi connectivity index (χ1n) is 6.10. The second-order valence-corrected chi connectivity index (χ2v) is 4.07. The Bertz CT molecular complexity index is 387. The highest BCUT2D eigenvalue weighted by Crippen LogP contribution is 2.19. The van der Waals surface area contributed by atoms with Gasteiger partial charge in [-0.15, -0.1) is 0 Å². The maximum atomic E-state index is 12.2. The molecule has 0 aromatic heterocycles. The lowest BCUT2D eigenvalue weighted by atomic mass is 10.1.